The number of rotatable bonds is 4. The maximum absolute atomic E-state index is 12.7. The first-order valence-electron chi connectivity index (χ1n) is 8.04. The zero-order valence-electron chi connectivity index (χ0n) is 14.2. The molecule has 6 heteroatoms. The molecule has 2 heterocycles. The van der Waals surface area contributed by atoms with Crippen LogP contribution >= 0.6 is 0 Å². The fourth-order valence-corrected chi connectivity index (χ4v) is 3.27. The van der Waals surface area contributed by atoms with E-state index in [9.17, 15) is 4.79 Å². The summed E-state index contributed by atoms with van der Waals surface area (Å²) in [6.45, 7) is 6.27. The third kappa shape index (κ3) is 3.09. The van der Waals surface area contributed by atoms with Crippen molar-refractivity contribution in [2.45, 2.75) is 26.0 Å². The third-order valence-electron chi connectivity index (χ3n) is 4.37. The number of hydrogen-bond donors (Lipinski definition) is 1. The number of aromatic nitrogens is 2. The summed E-state index contributed by atoms with van der Waals surface area (Å²) in [7, 11) is 3.90. The van der Waals surface area contributed by atoms with Crippen LogP contribution in [0.25, 0.3) is 10.9 Å². The monoisotopic (exact) mass is 316 g/mol. The number of benzene rings is 1. The molecule has 2 atom stereocenters. The first kappa shape index (κ1) is 16.0. The summed E-state index contributed by atoms with van der Waals surface area (Å²) in [5, 5.41) is 8.41. The molecule has 0 saturated carbocycles. The van der Waals surface area contributed by atoms with Crippen LogP contribution in [0.4, 0.5) is 0 Å². The fourth-order valence-electron chi connectivity index (χ4n) is 3.27. The van der Waals surface area contributed by atoms with Gasteiger partial charge in [0.2, 0.25) is 0 Å². The molecule has 1 amide bonds. The van der Waals surface area contributed by atoms with E-state index in [1.807, 2.05) is 46.1 Å². The number of ether oxygens (including phenoxy) is 1. The summed E-state index contributed by atoms with van der Waals surface area (Å²) in [6.07, 6.45) is 0.0330. The molecule has 1 saturated heterocycles. The van der Waals surface area contributed by atoms with Crippen LogP contribution in [0.1, 0.15) is 23.0 Å². The first-order valence-corrected chi connectivity index (χ1v) is 8.04. The molecule has 0 aliphatic carbocycles. The second-order valence-corrected chi connectivity index (χ2v) is 6.29. The van der Waals surface area contributed by atoms with Gasteiger partial charge < -0.3 is 15.0 Å². The average molecular weight is 316 g/mol. The summed E-state index contributed by atoms with van der Waals surface area (Å²) < 4.78 is 7.51. The highest BCUT2D eigenvalue weighted by Crippen LogP contribution is 2.20. The molecular formula is C17H24N4O2. The molecule has 3 rings (SSSR count). The van der Waals surface area contributed by atoms with Gasteiger partial charge in [-0.3, -0.25) is 9.48 Å². The lowest BCUT2D eigenvalue weighted by Crippen LogP contribution is -2.44. The minimum Gasteiger partial charge on any atom is -0.375 e. The van der Waals surface area contributed by atoms with Crippen molar-refractivity contribution < 1.29 is 9.53 Å². The maximum Gasteiger partial charge on any atom is 0.272 e. The Morgan fingerprint density at radius 2 is 2.17 bits per heavy atom. The predicted octanol–water partition coefficient (Wildman–Crippen LogP) is 1.33. The second kappa shape index (κ2) is 6.29. The number of nitrogens with one attached hydrogen (secondary N) is 1. The normalized spacial score (nSPS) is 21.9. The van der Waals surface area contributed by atoms with E-state index in [1.54, 1.807) is 4.68 Å². The Bertz CT molecular complexity index is 725. The summed E-state index contributed by atoms with van der Waals surface area (Å²) in [5.41, 5.74) is 2.56. The summed E-state index contributed by atoms with van der Waals surface area (Å²) >= 11 is 0. The van der Waals surface area contributed by atoms with Gasteiger partial charge in [0.05, 0.1) is 17.7 Å². The molecule has 1 aliphatic rings. The Hall–Kier alpha value is -1.92. The lowest BCUT2D eigenvalue weighted by Gasteiger charge is -2.19. The molecule has 6 nitrogen and oxygen atoms in total. The van der Waals surface area contributed by atoms with Crippen molar-refractivity contribution in [1.82, 2.24) is 20.0 Å². The van der Waals surface area contributed by atoms with Crippen molar-refractivity contribution in [2.24, 2.45) is 7.05 Å². The Kier molecular flexibility index (Phi) is 4.37. The van der Waals surface area contributed by atoms with E-state index < -0.39 is 0 Å². The molecule has 0 radical (unpaired) electrons. The molecular weight excluding hydrogens is 292 g/mol. The smallest absolute Gasteiger partial charge is 0.272 e. The zero-order valence-corrected chi connectivity index (χ0v) is 14.2. The standard InChI is InChI=1S/C17H24N4O2/c1-5-23-15-10-20(3)9-13(15)18-17(22)16-12-8-11(2)6-7-14(12)21(4)19-16/h6-8,13,15H,5,9-10H2,1-4H3,(H,18,22)/t13-,15-/m0/s1. The number of fused-ring (bicyclic) bond motifs is 1. The van der Waals surface area contributed by atoms with Gasteiger partial charge in [0.15, 0.2) is 5.69 Å². The number of carbonyl (C=O) groups is 1. The van der Waals surface area contributed by atoms with E-state index in [-0.39, 0.29) is 18.1 Å². The Labute approximate surface area is 136 Å². The van der Waals surface area contributed by atoms with Crippen LogP contribution in [0, 0.1) is 6.92 Å². The first-order chi connectivity index (χ1) is 11.0. The quantitative estimate of drug-likeness (QED) is 0.924. The van der Waals surface area contributed by atoms with Gasteiger partial charge in [0, 0.05) is 32.1 Å². The molecule has 124 valence electrons. The van der Waals surface area contributed by atoms with Gasteiger partial charge in [-0.2, -0.15) is 5.10 Å². The molecule has 0 spiro atoms. The van der Waals surface area contributed by atoms with E-state index in [4.69, 9.17) is 4.74 Å². The number of likely N-dealkylation sites (N-methyl/N-ethyl adjacent to an activating group) is 1. The molecule has 1 N–H and O–H groups in total. The molecule has 0 bridgehead atoms. The van der Waals surface area contributed by atoms with E-state index in [0.717, 1.165) is 29.6 Å². The van der Waals surface area contributed by atoms with Gasteiger partial charge in [0.1, 0.15) is 0 Å². The van der Waals surface area contributed by atoms with Crippen LogP contribution in [-0.4, -0.2) is 59.5 Å². The van der Waals surface area contributed by atoms with Crippen molar-refractivity contribution >= 4 is 16.8 Å². The fraction of sp³-hybridized carbons (Fsp3) is 0.529. The zero-order chi connectivity index (χ0) is 16.6. The summed E-state index contributed by atoms with van der Waals surface area (Å²) in [5.74, 6) is -0.133. The van der Waals surface area contributed by atoms with Gasteiger partial charge in [-0.05, 0) is 33.0 Å². The number of nitrogens with zero attached hydrogens (tertiary/aromatic N) is 3. The highest BCUT2D eigenvalue weighted by atomic mass is 16.5. The summed E-state index contributed by atoms with van der Waals surface area (Å²) in [4.78, 5) is 14.9. The number of aryl methyl sites for hydroxylation is 2. The van der Waals surface area contributed by atoms with E-state index >= 15 is 0 Å². The minimum atomic E-state index is -0.133. The van der Waals surface area contributed by atoms with Crippen LogP contribution in [-0.2, 0) is 11.8 Å². The van der Waals surface area contributed by atoms with Gasteiger partial charge in [-0.15, -0.1) is 0 Å². The Morgan fingerprint density at radius 1 is 1.39 bits per heavy atom. The molecule has 1 aromatic heterocycles. The van der Waals surface area contributed by atoms with E-state index in [1.165, 1.54) is 0 Å². The van der Waals surface area contributed by atoms with E-state index in [2.05, 4.69) is 15.3 Å². The van der Waals surface area contributed by atoms with Crippen molar-refractivity contribution in [2.75, 3.05) is 26.7 Å². The molecule has 1 fully saturated rings. The highest BCUT2D eigenvalue weighted by Gasteiger charge is 2.33. The van der Waals surface area contributed by atoms with Gasteiger partial charge in [-0.25, -0.2) is 0 Å². The van der Waals surface area contributed by atoms with Crippen LogP contribution in [0.3, 0.4) is 0 Å². The topological polar surface area (TPSA) is 59.4 Å². The van der Waals surface area contributed by atoms with Gasteiger partial charge >= 0.3 is 0 Å². The Morgan fingerprint density at radius 3 is 2.91 bits per heavy atom. The van der Waals surface area contributed by atoms with Crippen molar-refractivity contribution in [3.63, 3.8) is 0 Å². The molecule has 1 aliphatic heterocycles. The van der Waals surface area contributed by atoms with Crippen LogP contribution in [0.5, 0.6) is 0 Å². The maximum atomic E-state index is 12.7. The Balaban J connectivity index is 1.85. The number of likely N-dealkylation sites (tertiary alicyclic amines) is 1. The highest BCUT2D eigenvalue weighted by molar-refractivity contribution is 6.05. The van der Waals surface area contributed by atoms with Gasteiger partial charge in [0.25, 0.3) is 5.91 Å². The van der Waals surface area contributed by atoms with Crippen molar-refractivity contribution in [3.8, 4) is 0 Å². The molecule has 2 aromatic rings. The van der Waals surface area contributed by atoms with Crippen LogP contribution in [0.15, 0.2) is 18.2 Å². The lowest BCUT2D eigenvalue weighted by atomic mass is 10.1. The van der Waals surface area contributed by atoms with Crippen LogP contribution in [0.2, 0.25) is 0 Å². The number of amides is 1. The minimum absolute atomic E-state index is 0.00526. The van der Waals surface area contributed by atoms with Crippen LogP contribution < -0.4 is 5.32 Å². The predicted molar refractivity (Wildman–Crippen MR) is 89.6 cm³/mol. The largest absolute Gasteiger partial charge is 0.375 e. The van der Waals surface area contributed by atoms with Crippen molar-refractivity contribution in [1.29, 1.82) is 0 Å². The third-order valence-corrected chi connectivity index (χ3v) is 4.37. The SMILES string of the molecule is CCO[C@H]1CN(C)C[C@@H]1NC(=O)c1nn(C)c2ccc(C)cc12. The lowest BCUT2D eigenvalue weighted by molar-refractivity contribution is 0.0512. The average Bonchev–Trinajstić information content (AvgIpc) is 3.00. The molecule has 23 heavy (non-hydrogen) atoms. The number of carbonyl (C=O) groups excluding carboxylic acids is 1. The molecule has 0 unspecified atom stereocenters. The van der Waals surface area contributed by atoms with Crippen molar-refractivity contribution in [3.05, 3.63) is 29.5 Å². The number of hydrogen-bond acceptors (Lipinski definition) is 4. The molecule has 1 aromatic carbocycles. The summed E-state index contributed by atoms with van der Waals surface area (Å²) in [6, 6.07) is 6.04. The second-order valence-electron chi connectivity index (χ2n) is 6.29. The van der Waals surface area contributed by atoms with E-state index in [0.29, 0.717) is 12.3 Å². The van der Waals surface area contributed by atoms with Gasteiger partial charge in [-0.1, -0.05) is 11.6 Å².